The predicted octanol–water partition coefficient (Wildman–Crippen LogP) is 3.11. The summed E-state index contributed by atoms with van der Waals surface area (Å²) in [7, 11) is 0. The van der Waals surface area contributed by atoms with Gasteiger partial charge in [0.2, 0.25) is 0 Å². The van der Waals surface area contributed by atoms with Gasteiger partial charge in [-0.3, -0.25) is 10.1 Å². The first-order valence-corrected chi connectivity index (χ1v) is 6.98. The molecular formula is C15H14F3N3O3. The largest absolute Gasteiger partial charge is 0.440 e. The zero-order valence-corrected chi connectivity index (χ0v) is 12.6. The molecule has 0 fully saturated rings. The minimum Gasteiger partial charge on any atom is -0.440 e. The van der Waals surface area contributed by atoms with E-state index in [-0.39, 0.29) is 11.2 Å². The van der Waals surface area contributed by atoms with Crippen molar-refractivity contribution in [2.45, 2.75) is 19.5 Å². The van der Waals surface area contributed by atoms with Gasteiger partial charge in [0.1, 0.15) is 5.82 Å². The second-order valence-corrected chi connectivity index (χ2v) is 4.84. The lowest BCUT2D eigenvalue weighted by molar-refractivity contribution is -0.159. The van der Waals surface area contributed by atoms with Gasteiger partial charge in [0.05, 0.1) is 0 Å². The van der Waals surface area contributed by atoms with E-state index in [1.807, 2.05) is 6.92 Å². The van der Waals surface area contributed by atoms with E-state index < -0.39 is 18.9 Å². The monoisotopic (exact) mass is 341 g/mol. The first-order valence-electron chi connectivity index (χ1n) is 6.98. The number of carbonyl (C=O) groups excluding carboxylic acids is 1. The van der Waals surface area contributed by atoms with Crippen molar-refractivity contribution in [3.8, 4) is 11.4 Å². The van der Waals surface area contributed by atoms with Crippen molar-refractivity contribution in [3.05, 3.63) is 46.4 Å². The number of alkyl halides is 3. The Morgan fingerprint density at radius 2 is 2.08 bits per heavy atom. The summed E-state index contributed by atoms with van der Waals surface area (Å²) in [6, 6.07) is 7.52. The molecule has 0 aliphatic heterocycles. The van der Waals surface area contributed by atoms with Gasteiger partial charge in [-0.2, -0.15) is 13.2 Å². The van der Waals surface area contributed by atoms with Crippen LogP contribution in [0.15, 0.2) is 35.1 Å². The number of carbonyl (C=O) groups is 1. The van der Waals surface area contributed by atoms with Crippen LogP contribution in [-0.2, 0) is 11.2 Å². The Hall–Kier alpha value is -2.84. The minimum absolute atomic E-state index is 0.212. The standard InChI is InChI=1S/C15H14F3N3O3/c1-2-10-7-12(22)21-13(19-10)9-4-3-5-11(6-9)20-14(23)24-8-15(16,17)18/h3-7H,2,8H2,1H3,(H,20,23)(H,19,21,22). The van der Waals surface area contributed by atoms with Crippen molar-refractivity contribution >= 4 is 11.8 Å². The molecule has 0 atom stereocenters. The lowest BCUT2D eigenvalue weighted by Gasteiger charge is -2.10. The van der Waals surface area contributed by atoms with Gasteiger partial charge in [-0.05, 0) is 18.6 Å². The number of hydrogen-bond donors (Lipinski definition) is 2. The second-order valence-electron chi connectivity index (χ2n) is 4.84. The van der Waals surface area contributed by atoms with Crippen molar-refractivity contribution in [2.24, 2.45) is 0 Å². The van der Waals surface area contributed by atoms with Crippen molar-refractivity contribution in [3.63, 3.8) is 0 Å². The number of nitrogens with zero attached hydrogens (tertiary/aromatic N) is 1. The number of hydrogen-bond acceptors (Lipinski definition) is 4. The van der Waals surface area contributed by atoms with Gasteiger partial charge in [0.15, 0.2) is 6.61 Å². The molecule has 9 heteroatoms. The number of ether oxygens (including phenoxy) is 1. The van der Waals surface area contributed by atoms with Gasteiger partial charge in [-0.1, -0.05) is 19.1 Å². The van der Waals surface area contributed by atoms with Crippen LogP contribution in [0.3, 0.4) is 0 Å². The maximum absolute atomic E-state index is 12.0. The SMILES string of the molecule is CCc1cc(=O)[nH]c(-c2cccc(NC(=O)OCC(F)(F)F)c2)n1. The average molecular weight is 341 g/mol. The third kappa shape index (κ3) is 5.11. The quantitative estimate of drug-likeness (QED) is 0.895. The van der Waals surface area contributed by atoms with Gasteiger partial charge in [0, 0.05) is 23.0 Å². The molecule has 0 aliphatic carbocycles. The van der Waals surface area contributed by atoms with Gasteiger partial charge in [-0.25, -0.2) is 9.78 Å². The van der Waals surface area contributed by atoms with Crippen LogP contribution in [0.25, 0.3) is 11.4 Å². The van der Waals surface area contributed by atoms with E-state index in [1.165, 1.54) is 18.2 Å². The maximum atomic E-state index is 12.0. The van der Waals surface area contributed by atoms with Gasteiger partial charge >= 0.3 is 12.3 Å². The number of aromatic nitrogens is 2. The minimum atomic E-state index is -4.59. The normalized spacial score (nSPS) is 11.2. The van der Waals surface area contributed by atoms with E-state index in [9.17, 15) is 22.8 Å². The van der Waals surface area contributed by atoms with Crippen LogP contribution in [0.1, 0.15) is 12.6 Å². The summed E-state index contributed by atoms with van der Waals surface area (Å²) in [6.07, 6.45) is -5.25. The Morgan fingerprint density at radius 1 is 1.33 bits per heavy atom. The molecule has 2 rings (SSSR count). The zero-order chi connectivity index (χ0) is 17.7. The smallest absolute Gasteiger partial charge is 0.422 e. The van der Waals surface area contributed by atoms with E-state index in [2.05, 4.69) is 20.0 Å². The molecule has 2 aromatic rings. The van der Waals surface area contributed by atoms with Gasteiger partial charge in [0.25, 0.3) is 5.56 Å². The third-order valence-electron chi connectivity index (χ3n) is 2.91. The van der Waals surface area contributed by atoms with E-state index in [1.54, 1.807) is 12.1 Å². The van der Waals surface area contributed by atoms with Crippen LogP contribution in [0.4, 0.5) is 23.7 Å². The molecule has 0 saturated carbocycles. The lowest BCUT2D eigenvalue weighted by Crippen LogP contribution is -2.23. The predicted molar refractivity (Wildman–Crippen MR) is 80.7 cm³/mol. The fourth-order valence-electron chi connectivity index (χ4n) is 1.87. The molecule has 0 saturated heterocycles. The second kappa shape index (κ2) is 7.16. The van der Waals surface area contributed by atoms with E-state index in [0.29, 0.717) is 23.5 Å². The molecular weight excluding hydrogens is 327 g/mol. The van der Waals surface area contributed by atoms with Gasteiger partial charge in [-0.15, -0.1) is 0 Å². The fraction of sp³-hybridized carbons (Fsp3) is 0.267. The van der Waals surface area contributed by atoms with Crippen LogP contribution >= 0.6 is 0 Å². The average Bonchev–Trinajstić information content (AvgIpc) is 2.52. The molecule has 1 amide bonds. The first kappa shape index (κ1) is 17.5. The van der Waals surface area contributed by atoms with Crippen LogP contribution in [0.2, 0.25) is 0 Å². The van der Waals surface area contributed by atoms with Crippen LogP contribution in [0.5, 0.6) is 0 Å². The van der Waals surface area contributed by atoms with E-state index in [4.69, 9.17) is 0 Å². The number of amides is 1. The van der Waals surface area contributed by atoms with E-state index >= 15 is 0 Å². The summed E-state index contributed by atoms with van der Waals surface area (Å²) in [5, 5.41) is 2.19. The highest BCUT2D eigenvalue weighted by atomic mass is 19.4. The molecule has 0 unspecified atom stereocenters. The summed E-state index contributed by atoms with van der Waals surface area (Å²) in [6.45, 7) is 0.173. The van der Waals surface area contributed by atoms with Gasteiger partial charge < -0.3 is 9.72 Å². The number of aryl methyl sites for hydroxylation is 1. The number of anilines is 1. The van der Waals surface area contributed by atoms with Crippen LogP contribution in [-0.4, -0.2) is 28.8 Å². The molecule has 0 spiro atoms. The maximum Gasteiger partial charge on any atom is 0.422 e. The summed E-state index contributed by atoms with van der Waals surface area (Å²) in [4.78, 5) is 29.8. The molecule has 128 valence electrons. The molecule has 0 aliphatic rings. The van der Waals surface area contributed by atoms with Crippen molar-refractivity contribution in [1.29, 1.82) is 0 Å². The lowest BCUT2D eigenvalue weighted by atomic mass is 10.2. The van der Waals surface area contributed by atoms with Crippen LogP contribution in [0, 0.1) is 0 Å². The molecule has 0 radical (unpaired) electrons. The Balaban J connectivity index is 2.16. The van der Waals surface area contributed by atoms with Crippen molar-refractivity contribution < 1.29 is 22.7 Å². The molecule has 1 aromatic heterocycles. The number of nitrogens with one attached hydrogen (secondary N) is 2. The first-order chi connectivity index (χ1) is 11.3. The number of H-pyrrole nitrogens is 1. The molecule has 24 heavy (non-hydrogen) atoms. The highest BCUT2D eigenvalue weighted by Gasteiger charge is 2.29. The topological polar surface area (TPSA) is 84.1 Å². The zero-order valence-electron chi connectivity index (χ0n) is 12.6. The molecule has 6 nitrogen and oxygen atoms in total. The number of aromatic amines is 1. The summed E-state index contributed by atoms with van der Waals surface area (Å²) < 4.78 is 40.1. The Kier molecular flexibility index (Phi) is 5.22. The molecule has 1 heterocycles. The Morgan fingerprint density at radius 3 is 2.75 bits per heavy atom. The summed E-state index contributed by atoms with van der Waals surface area (Å²) in [5.41, 5.74) is 0.983. The summed E-state index contributed by atoms with van der Waals surface area (Å²) >= 11 is 0. The van der Waals surface area contributed by atoms with E-state index in [0.717, 1.165) is 0 Å². The summed E-state index contributed by atoms with van der Waals surface area (Å²) in [5.74, 6) is 0.298. The van der Waals surface area contributed by atoms with Crippen molar-refractivity contribution in [2.75, 3.05) is 11.9 Å². The Bertz CT molecular complexity index is 787. The van der Waals surface area contributed by atoms with Crippen molar-refractivity contribution in [1.82, 2.24) is 9.97 Å². The molecule has 1 aromatic carbocycles. The fourth-order valence-corrected chi connectivity index (χ4v) is 1.87. The Labute approximate surface area is 134 Å². The van der Waals surface area contributed by atoms with Crippen LogP contribution < -0.4 is 10.9 Å². The number of rotatable bonds is 4. The highest BCUT2D eigenvalue weighted by molar-refractivity contribution is 5.85. The highest BCUT2D eigenvalue weighted by Crippen LogP contribution is 2.20. The molecule has 2 N–H and O–H groups in total. The number of benzene rings is 1. The number of halogens is 3. The third-order valence-corrected chi connectivity index (χ3v) is 2.91. The molecule has 0 bridgehead atoms.